The molecule has 2 aliphatic heterocycles. The number of rotatable bonds is 7. The fourth-order valence-electron chi connectivity index (χ4n) is 5.33. The van der Waals surface area contributed by atoms with E-state index < -0.39 is 0 Å². The summed E-state index contributed by atoms with van der Waals surface area (Å²) in [6.07, 6.45) is 9.79. The molecule has 5 rings (SSSR count). The Morgan fingerprint density at radius 2 is 1.83 bits per heavy atom. The van der Waals surface area contributed by atoms with Crippen LogP contribution in [0.25, 0.3) is 10.9 Å². The molecule has 3 aromatic rings. The molecule has 0 radical (unpaired) electrons. The Labute approximate surface area is 179 Å². The summed E-state index contributed by atoms with van der Waals surface area (Å²) in [6.45, 7) is 4.61. The molecule has 156 valence electrons. The number of carbonyl (C=O) groups is 1. The summed E-state index contributed by atoms with van der Waals surface area (Å²) in [6, 6.07) is 17.2. The van der Waals surface area contributed by atoms with Crippen LogP contribution in [0.4, 0.5) is 0 Å². The van der Waals surface area contributed by atoms with Gasteiger partial charge < -0.3 is 9.47 Å². The molecule has 0 saturated carbocycles. The van der Waals surface area contributed by atoms with Crippen LogP contribution in [-0.4, -0.2) is 34.9 Å². The van der Waals surface area contributed by atoms with Gasteiger partial charge in [-0.05, 0) is 86.9 Å². The van der Waals surface area contributed by atoms with Gasteiger partial charge in [0.05, 0.1) is 5.52 Å². The Balaban J connectivity index is 1.11. The molecule has 1 saturated heterocycles. The standard InChI is InChI=1S/C27H32N2O/c30-26(25-19-23-7-4-14-29-18-13-24(20-25)27(23)29)9-8-22-11-16-28(17-12-22)15-10-21-5-2-1-3-6-21/h1-3,5-6,13,18-20,22H,4,7-12,14-17H2. The van der Waals surface area contributed by atoms with Gasteiger partial charge in [-0.25, -0.2) is 0 Å². The van der Waals surface area contributed by atoms with Crippen molar-refractivity contribution in [2.45, 2.75) is 51.5 Å². The summed E-state index contributed by atoms with van der Waals surface area (Å²) >= 11 is 0. The smallest absolute Gasteiger partial charge is 0.162 e. The van der Waals surface area contributed by atoms with Crippen LogP contribution in [0.5, 0.6) is 0 Å². The predicted molar refractivity (Wildman–Crippen MR) is 123 cm³/mol. The molecule has 0 spiro atoms. The Morgan fingerprint density at radius 3 is 2.67 bits per heavy atom. The molecule has 30 heavy (non-hydrogen) atoms. The van der Waals surface area contributed by atoms with E-state index in [1.165, 1.54) is 54.4 Å². The minimum absolute atomic E-state index is 0.331. The first-order valence-corrected chi connectivity index (χ1v) is 11.7. The number of hydrogen-bond donors (Lipinski definition) is 0. The van der Waals surface area contributed by atoms with Crippen LogP contribution < -0.4 is 0 Å². The normalized spacial score (nSPS) is 17.5. The second-order valence-electron chi connectivity index (χ2n) is 9.17. The third kappa shape index (κ3) is 4.22. The van der Waals surface area contributed by atoms with Gasteiger partial charge >= 0.3 is 0 Å². The minimum atomic E-state index is 0.331. The largest absolute Gasteiger partial charge is 0.347 e. The summed E-state index contributed by atoms with van der Waals surface area (Å²) in [5, 5.41) is 1.24. The van der Waals surface area contributed by atoms with Gasteiger partial charge in [0, 0.05) is 36.7 Å². The van der Waals surface area contributed by atoms with Gasteiger partial charge in [0.25, 0.3) is 0 Å². The zero-order valence-corrected chi connectivity index (χ0v) is 17.9. The highest BCUT2D eigenvalue weighted by atomic mass is 16.1. The lowest BCUT2D eigenvalue weighted by molar-refractivity contribution is 0.0962. The van der Waals surface area contributed by atoms with E-state index in [1.54, 1.807) is 0 Å². The van der Waals surface area contributed by atoms with Crippen LogP contribution in [0.2, 0.25) is 0 Å². The fraction of sp³-hybridized carbons (Fsp3) is 0.444. The van der Waals surface area contributed by atoms with Crippen LogP contribution in [0.1, 0.15) is 53.6 Å². The highest BCUT2D eigenvalue weighted by Gasteiger charge is 2.21. The highest BCUT2D eigenvalue weighted by Crippen LogP contribution is 2.29. The molecule has 2 aliphatic rings. The van der Waals surface area contributed by atoms with E-state index in [1.807, 2.05) is 0 Å². The molecule has 3 heteroatoms. The van der Waals surface area contributed by atoms with E-state index in [-0.39, 0.29) is 0 Å². The monoisotopic (exact) mass is 400 g/mol. The van der Waals surface area contributed by atoms with Gasteiger partial charge in [-0.15, -0.1) is 0 Å². The van der Waals surface area contributed by atoms with E-state index in [2.05, 4.69) is 64.2 Å². The number of piperidine rings is 1. The van der Waals surface area contributed by atoms with E-state index >= 15 is 0 Å². The molecule has 3 nitrogen and oxygen atoms in total. The first-order valence-electron chi connectivity index (χ1n) is 11.7. The van der Waals surface area contributed by atoms with Gasteiger partial charge in [0.1, 0.15) is 0 Å². The summed E-state index contributed by atoms with van der Waals surface area (Å²) < 4.78 is 2.34. The number of nitrogens with zero attached hydrogens (tertiary/aromatic N) is 2. The molecule has 0 atom stereocenters. The lowest BCUT2D eigenvalue weighted by atomic mass is 9.89. The van der Waals surface area contributed by atoms with Crippen molar-refractivity contribution in [2.24, 2.45) is 5.92 Å². The lowest BCUT2D eigenvalue weighted by Crippen LogP contribution is -2.35. The van der Waals surface area contributed by atoms with Crippen LogP contribution in [0.15, 0.2) is 54.7 Å². The van der Waals surface area contributed by atoms with E-state index in [4.69, 9.17) is 0 Å². The molecule has 1 fully saturated rings. The van der Waals surface area contributed by atoms with Crippen molar-refractivity contribution in [1.82, 2.24) is 9.47 Å². The third-order valence-corrected chi connectivity index (χ3v) is 7.15. The number of benzene rings is 2. The second-order valence-corrected chi connectivity index (χ2v) is 9.17. The summed E-state index contributed by atoms with van der Waals surface area (Å²) in [4.78, 5) is 15.5. The van der Waals surface area contributed by atoms with Gasteiger partial charge in [0.15, 0.2) is 5.78 Å². The number of carbonyl (C=O) groups excluding carboxylic acids is 1. The second kappa shape index (κ2) is 8.77. The van der Waals surface area contributed by atoms with Crippen LogP contribution in [-0.2, 0) is 19.4 Å². The highest BCUT2D eigenvalue weighted by molar-refractivity contribution is 6.00. The minimum Gasteiger partial charge on any atom is -0.347 e. The van der Waals surface area contributed by atoms with Gasteiger partial charge in [-0.3, -0.25) is 4.79 Å². The maximum absolute atomic E-state index is 12.9. The Morgan fingerprint density at radius 1 is 1.00 bits per heavy atom. The van der Waals surface area contributed by atoms with E-state index in [9.17, 15) is 4.79 Å². The topological polar surface area (TPSA) is 25.2 Å². The average molecular weight is 401 g/mol. The number of ketones is 1. The van der Waals surface area contributed by atoms with Crippen molar-refractivity contribution in [2.75, 3.05) is 19.6 Å². The third-order valence-electron chi connectivity index (χ3n) is 7.15. The number of aryl methyl sites for hydroxylation is 2. The fourth-order valence-corrected chi connectivity index (χ4v) is 5.33. The number of aromatic nitrogens is 1. The van der Waals surface area contributed by atoms with Crippen LogP contribution in [0, 0.1) is 5.92 Å². The summed E-state index contributed by atoms with van der Waals surface area (Å²) in [5.41, 5.74) is 5.06. The molecular weight excluding hydrogens is 368 g/mol. The summed E-state index contributed by atoms with van der Waals surface area (Å²) in [7, 11) is 0. The van der Waals surface area contributed by atoms with Gasteiger partial charge in [-0.2, -0.15) is 0 Å². The molecular formula is C27H32N2O. The molecule has 0 bridgehead atoms. The Bertz CT molecular complexity index is 1010. The molecule has 0 aliphatic carbocycles. The maximum Gasteiger partial charge on any atom is 0.162 e. The summed E-state index contributed by atoms with van der Waals surface area (Å²) in [5.74, 6) is 1.03. The van der Waals surface area contributed by atoms with Crippen molar-refractivity contribution in [3.05, 3.63) is 71.4 Å². The average Bonchev–Trinajstić information content (AvgIpc) is 3.22. The van der Waals surface area contributed by atoms with E-state index in [0.29, 0.717) is 18.1 Å². The van der Waals surface area contributed by atoms with Crippen molar-refractivity contribution in [3.8, 4) is 0 Å². The maximum atomic E-state index is 12.9. The number of hydrogen-bond acceptors (Lipinski definition) is 2. The Kier molecular flexibility index (Phi) is 5.72. The van der Waals surface area contributed by atoms with Gasteiger partial charge in [0.2, 0.25) is 0 Å². The lowest BCUT2D eigenvalue weighted by Gasteiger charge is -2.32. The van der Waals surface area contributed by atoms with Crippen molar-refractivity contribution >= 4 is 16.7 Å². The van der Waals surface area contributed by atoms with Crippen molar-refractivity contribution in [3.63, 3.8) is 0 Å². The zero-order valence-electron chi connectivity index (χ0n) is 17.9. The first-order chi connectivity index (χ1) is 14.8. The zero-order chi connectivity index (χ0) is 20.3. The molecule has 0 unspecified atom stereocenters. The van der Waals surface area contributed by atoms with Crippen LogP contribution >= 0.6 is 0 Å². The van der Waals surface area contributed by atoms with Gasteiger partial charge in [-0.1, -0.05) is 30.3 Å². The predicted octanol–water partition coefficient (Wildman–Crippen LogP) is 5.51. The quantitative estimate of drug-likeness (QED) is 0.489. The first kappa shape index (κ1) is 19.6. The SMILES string of the molecule is O=C(CCC1CCN(CCc2ccccc2)CC1)c1cc2c3c(ccn3CCC2)c1. The van der Waals surface area contributed by atoms with Crippen LogP contribution in [0.3, 0.4) is 0 Å². The van der Waals surface area contributed by atoms with Crippen molar-refractivity contribution in [1.29, 1.82) is 0 Å². The molecule has 0 amide bonds. The number of Topliss-reactive ketones (excluding diaryl/α,β-unsaturated/α-hetero) is 1. The molecule has 0 N–H and O–H groups in total. The molecule has 2 aromatic carbocycles. The van der Waals surface area contributed by atoms with E-state index in [0.717, 1.165) is 37.9 Å². The number of likely N-dealkylation sites (tertiary alicyclic amines) is 1. The van der Waals surface area contributed by atoms with Crippen molar-refractivity contribution < 1.29 is 4.79 Å². The Hall–Kier alpha value is -2.39. The molecule has 1 aromatic heterocycles. The molecule has 3 heterocycles.